The molecule has 1 unspecified atom stereocenters. The van der Waals surface area contributed by atoms with Gasteiger partial charge in [-0.15, -0.1) is 11.3 Å². The molecule has 6 nitrogen and oxygen atoms in total. The molecule has 0 radical (unpaired) electrons. The van der Waals surface area contributed by atoms with Crippen LogP contribution in [-0.2, 0) is 11.2 Å². The normalized spacial score (nSPS) is 12.6. The van der Waals surface area contributed by atoms with E-state index >= 15 is 0 Å². The highest BCUT2D eigenvalue weighted by Gasteiger charge is 2.12. The van der Waals surface area contributed by atoms with Gasteiger partial charge in [-0.1, -0.05) is 37.3 Å². The van der Waals surface area contributed by atoms with Gasteiger partial charge in [0.05, 0.1) is 6.54 Å². The van der Waals surface area contributed by atoms with Crippen LogP contribution in [-0.4, -0.2) is 37.1 Å². The first kappa shape index (κ1) is 20.8. The lowest BCUT2D eigenvalue weighted by Crippen LogP contribution is -2.42. The number of benzene rings is 2. The lowest BCUT2D eigenvalue weighted by atomic mass is 10.1. The van der Waals surface area contributed by atoms with Crippen LogP contribution in [0.25, 0.3) is 10.1 Å². The second kappa shape index (κ2) is 10.0. The molecule has 7 heteroatoms. The molecule has 1 atom stereocenters. The van der Waals surface area contributed by atoms with Crippen LogP contribution in [0.5, 0.6) is 0 Å². The molecule has 152 valence electrons. The van der Waals surface area contributed by atoms with Gasteiger partial charge >= 0.3 is 0 Å². The van der Waals surface area contributed by atoms with E-state index in [2.05, 4.69) is 27.9 Å². The molecule has 4 N–H and O–H groups in total. The van der Waals surface area contributed by atoms with Gasteiger partial charge in [0, 0.05) is 28.9 Å². The Labute approximate surface area is 174 Å². The molecule has 0 fully saturated rings. The van der Waals surface area contributed by atoms with Gasteiger partial charge in [-0.05, 0) is 41.6 Å². The number of hydrogen-bond donors (Lipinski definition) is 4. The fraction of sp³-hybridized carbons (Fsp3) is 0.273. The molecule has 3 aromatic rings. The molecule has 1 heterocycles. The molecule has 1 aromatic heterocycles. The summed E-state index contributed by atoms with van der Waals surface area (Å²) >= 11 is 1.57. The number of carbonyl (C=O) groups is 1. The Kier molecular flexibility index (Phi) is 7.21. The zero-order valence-electron chi connectivity index (χ0n) is 16.6. The number of aryl methyl sites for hydroxylation is 1. The number of guanidine groups is 1. The first-order valence-corrected chi connectivity index (χ1v) is 10.4. The molecule has 29 heavy (non-hydrogen) atoms. The second-order valence-electron chi connectivity index (χ2n) is 6.61. The fourth-order valence-corrected chi connectivity index (χ4v) is 3.97. The summed E-state index contributed by atoms with van der Waals surface area (Å²) in [4.78, 5) is 17.2. The van der Waals surface area contributed by atoms with E-state index < -0.39 is 6.10 Å². The number of thiophene rings is 1. The summed E-state index contributed by atoms with van der Waals surface area (Å²) in [6.07, 6.45) is 0.261. The van der Waals surface area contributed by atoms with Gasteiger partial charge in [0.2, 0.25) is 5.91 Å². The van der Waals surface area contributed by atoms with E-state index in [9.17, 15) is 9.90 Å². The summed E-state index contributed by atoms with van der Waals surface area (Å²) in [6, 6.07) is 17.8. The van der Waals surface area contributed by atoms with Crippen LogP contribution in [0.4, 0.5) is 5.69 Å². The number of aliphatic hydroxyl groups is 1. The number of carbonyl (C=O) groups excluding carboxylic acids is 1. The smallest absolute Gasteiger partial charge is 0.243 e. The van der Waals surface area contributed by atoms with Crippen LogP contribution >= 0.6 is 11.3 Å². The highest BCUT2D eigenvalue weighted by molar-refractivity contribution is 7.19. The van der Waals surface area contributed by atoms with Crippen molar-refractivity contribution in [1.82, 2.24) is 10.6 Å². The number of aliphatic imine (C=N–C) groups is 1. The number of aliphatic hydroxyl groups excluding tert-OH is 1. The van der Waals surface area contributed by atoms with Crippen molar-refractivity contribution < 1.29 is 9.90 Å². The van der Waals surface area contributed by atoms with Gasteiger partial charge in [0.1, 0.15) is 6.10 Å². The monoisotopic (exact) mass is 410 g/mol. The average molecular weight is 411 g/mol. The van der Waals surface area contributed by atoms with Gasteiger partial charge in [-0.3, -0.25) is 9.79 Å². The zero-order valence-corrected chi connectivity index (χ0v) is 17.4. The standard InChI is InChI=1S/C22H26N4O2S/c1-3-15-7-6-9-17(11-15)26-21(28)14-25-22(23-2)24-13-18(27)20-12-16-8-4-5-10-19(16)29-20/h4-12,18,27H,3,13-14H2,1-2H3,(H,26,28)(H2,23,24,25). The minimum Gasteiger partial charge on any atom is -0.386 e. The summed E-state index contributed by atoms with van der Waals surface area (Å²) in [6.45, 7) is 2.45. The van der Waals surface area contributed by atoms with Gasteiger partial charge in [-0.2, -0.15) is 0 Å². The van der Waals surface area contributed by atoms with E-state index in [4.69, 9.17) is 0 Å². The Morgan fingerprint density at radius 2 is 1.97 bits per heavy atom. The Morgan fingerprint density at radius 1 is 1.14 bits per heavy atom. The Balaban J connectivity index is 1.47. The molecule has 0 bridgehead atoms. The Hall–Kier alpha value is -2.90. The summed E-state index contributed by atoms with van der Waals surface area (Å²) in [5, 5.41) is 20.5. The maximum absolute atomic E-state index is 12.2. The molecule has 0 spiro atoms. The highest BCUT2D eigenvalue weighted by Crippen LogP contribution is 2.29. The van der Waals surface area contributed by atoms with Crippen molar-refractivity contribution in [2.75, 3.05) is 25.5 Å². The van der Waals surface area contributed by atoms with Crippen LogP contribution in [0.1, 0.15) is 23.5 Å². The summed E-state index contributed by atoms with van der Waals surface area (Å²) in [5.74, 6) is 0.300. The number of fused-ring (bicyclic) bond motifs is 1. The lowest BCUT2D eigenvalue weighted by Gasteiger charge is -2.14. The van der Waals surface area contributed by atoms with Crippen LogP contribution in [0.2, 0.25) is 0 Å². The molecule has 2 aromatic carbocycles. The minimum absolute atomic E-state index is 0.0784. The Morgan fingerprint density at radius 3 is 2.72 bits per heavy atom. The van der Waals surface area contributed by atoms with Crippen LogP contribution in [0.15, 0.2) is 59.6 Å². The van der Waals surface area contributed by atoms with E-state index in [1.165, 1.54) is 5.56 Å². The van der Waals surface area contributed by atoms with Crippen LogP contribution < -0.4 is 16.0 Å². The van der Waals surface area contributed by atoms with Crippen molar-refractivity contribution in [3.63, 3.8) is 0 Å². The molecule has 1 amide bonds. The number of nitrogens with zero attached hydrogens (tertiary/aromatic N) is 1. The van der Waals surface area contributed by atoms with Crippen molar-refractivity contribution >= 4 is 39.0 Å². The molecule has 0 aliphatic rings. The van der Waals surface area contributed by atoms with E-state index in [1.54, 1.807) is 18.4 Å². The van der Waals surface area contributed by atoms with Crippen LogP contribution in [0, 0.1) is 0 Å². The molecule has 3 rings (SSSR count). The van der Waals surface area contributed by atoms with Gasteiger partial charge in [0.25, 0.3) is 0 Å². The average Bonchev–Trinajstić information content (AvgIpc) is 3.18. The van der Waals surface area contributed by atoms with E-state index in [0.717, 1.165) is 27.1 Å². The largest absolute Gasteiger partial charge is 0.386 e. The molecular weight excluding hydrogens is 384 g/mol. The topological polar surface area (TPSA) is 85.8 Å². The van der Waals surface area contributed by atoms with E-state index in [-0.39, 0.29) is 12.5 Å². The van der Waals surface area contributed by atoms with Gasteiger partial charge in [0.15, 0.2) is 5.96 Å². The third kappa shape index (κ3) is 5.79. The molecule has 0 saturated heterocycles. The first-order chi connectivity index (χ1) is 14.1. The van der Waals surface area contributed by atoms with Crippen molar-refractivity contribution in [2.24, 2.45) is 4.99 Å². The lowest BCUT2D eigenvalue weighted by molar-refractivity contribution is -0.115. The summed E-state index contributed by atoms with van der Waals surface area (Å²) in [5.41, 5.74) is 1.95. The summed E-state index contributed by atoms with van der Waals surface area (Å²) in [7, 11) is 1.63. The van der Waals surface area contributed by atoms with E-state index in [1.807, 2.05) is 54.6 Å². The van der Waals surface area contributed by atoms with Crippen molar-refractivity contribution in [3.8, 4) is 0 Å². The fourth-order valence-electron chi connectivity index (χ4n) is 2.92. The Bertz CT molecular complexity index is 966. The number of hydrogen-bond acceptors (Lipinski definition) is 4. The SMILES string of the molecule is CCc1cccc(NC(=O)CNC(=NC)NCC(O)c2cc3ccccc3s2)c1. The maximum Gasteiger partial charge on any atom is 0.243 e. The summed E-state index contributed by atoms with van der Waals surface area (Å²) < 4.78 is 1.15. The molecule has 0 aliphatic carbocycles. The van der Waals surface area contributed by atoms with E-state index in [0.29, 0.717) is 12.5 Å². The highest BCUT2D eigenvalue weighted by atomic mass is 32.1. The second-order valence-corrected chi connectivity index (χ2v) is 7.73. The number of anilines is 1. The van der Waals surface area contributed by atoms with Crippen molar-refractivity contribution in [1.29, 1.82) is 0 Å². The minimum atomic E-state index is -0.656. The quantitative estimate of drug-likeness (QED) is 0.356. The maximum atomic E-state index is 12.2. The molecule has 0 saturated carbocycles. The van der Waals surface area contributed by atoms with Crippen LogP contribution in [0.3, 0.4) is 0 Å². The zero-order chi connectivity index (χ0) is 20.6. The van der Waals surface area contributed by atoms with Crippen molar-refractivity contribution in [3.05, 3.63) is 65.0 Å². The third-order valence-corrected chi connectivity index (χ3v) is 5.71. The number of nitrogens with one attached hydrogen (secondary N) is 3. The van der Waals surface area contributed by atoms with Crippen molar-refractivity contribution in [2.45, 2.75) is 19.4 Å². The first-order valence-electron chi connectivity index (χ1n) is 9.59. The number of rotatable bonds is 7. The third-order valence-electron chi connectivity index (χ3n) is 4.49. The number of amides is 1. The van der Waals surface area contributed by atoms with Gasteiger partial charge in [-0.25, -0.2) is 0 Å². The van der Waals surface area contributed by atoms with Gasteiger partial charge < -0.3 is 21.1 Å². The predicted octanol–water partition coefficient (Wildman–Crippen LogP) is 3.30. The molecular formula is C22H26N4O2S. The molecule has 0 aliphatic heterocycles. The predicted molar refractivity (Wildman–Crippen MR) is 121 cm³/mol.